The van der Waals surface area contributed by atoms with Crippen LogP contribution in [0.1, 0.15) is 62.2 Å². The van der Waals surface area contributed by atoms with Crippen LogP contribution < -0.4 is 10.2 Å². The second-order valence-corrected chi connectivity index (χ2v) is 11.0. The Morgan fingerprint density at radius 3 is 2.30 bits per heavy atom. The monoisotopic (exact) mass is 535 g/mol. The van der Waals surface area contributed by atoms with E-state index in [0.717, 1.165) is 16.8 Å². The number of benzene rings is 3. The topological polar surface area (TPSA) is 71.5 Å². The van der Waals surface area contributed by atoms with Crippen LogP contribution in [0.15, 0.2) is 97.2 Å². The molecule has 0 radical (unpaired) electrons. The molecule has 0 unspecified atom stereocenters. The molecule has 4 rings (SSSR count). The summed E-state index contributed by atoms with van der Waals surface area (Å²) in [5.41, 5.74) is 5.27. The van der Waals surface area contributed by atoms with Crippen LogP contribution in [-0.2, 0) is 11.2 Å². The van der Waals surface area contributed by atoms with Gasteiger partial charge in [-0.25, -0.2) is 4.79 Å². The first-order valence-corrected chi connectivity index (χ1v) is 13.6. The summed E-state index contributed by atoms with van der Waals surface area (Å²) in [6, 6.07) is 28.9. The number of anilines is 2. The number of hydrogen-bond donors (Lipinski definition) is 1. The van der Waals surface area contributed by atoms with Crippen molar-refractivity contribution in [3.63, 3.8) is 0 Å². The summed E-state index contributed by atoms with van der Waals surface area (Å²) < 4.78 is 5.67. The fourth-order valence-corrected chi connectivity index (χ4v) is 4.34. The molecule has 1 aromatic heterocycles. The number of carbonyl (C=O) groups excluding carboxylic acids is 2. The minimum absolute atomic E-state index is 0.197. The van der Waals surface area contributed by atoms with Crippen LogP contribution in [0.4, 0.5) is 16.2 Å². The molecular weight excluding hydrogens is 498 g/mol. The van der Waals surface area contributed by atoms with Crippen molar-refractivity contribution in [1.82, 2.24) is 4.98 Å². The van der Waals surface area contributed by atoms with Crippen LogP contribution in [0.5, 0.6) is 0 Å². The molecule has 40 heavy (non-hydrogen) atoms. The van der Waals surface area contributed by atoms with E-state index in [1.165, 1.54) is 5.56 Å². The summed E-state index contributed by atoms with van der Waals surface area (Å²) in [6.45, 7) is 10.3. The molecule has 3 aromatic carbocycles. The van der Waals surface area contributed by atoms with Gasteiger partial charge < -0.3 is 10.1 Å². The van der Waals surface area contributed by atoms with E-state index in [-0.39, 0.29) is 5.91 Å². The third-order valence-corrected chi connectivity index (χ3v) is 6.40. The third kappa shape index (κ3) is 7.56. The average Bonchev–Trinajstić information content (AvgIpc) is 2.93. The lowest BCUT2D eigenvalue weighted by atomic mass is 9.94. The van der Waals surface area contributed by atoms with Crippen molar-refractivity contribution < 1.29 is 14.3 Å². The first kappa shape index (κ1) is 28.6. The van der Waals surface area contributed by atoms with Gasteiger partial charge in [-0.05, 0) is 85.8 Å². The standard InChI is InChI=1S/C34H37N3O3/c1-24(2)25-11-10-12-26(23-25)30-14-6-7-15-31(30)32(38)36-28-16-18-29(19-17-28)37(33(39)40-34(3,4)5)22-20-27-13-8-9-21-35-27/h6-19,21,23-24H,20,22H2,1-5H3,(H,36,38). The largest absolute Gasteiger partial charge is 0.443 e. The Labute approximate surface area is 237 Å². The zero-order chi connectivity index (χ0) is 28.7. The highest BCUT2D eigenvalue weighted by Crippen LogP contribution is 2.28. The molecule has 206 valence electrons. The van der Waals surface area contributed by atoms with Crippen molar-refractivity contribution >= 4 is 23.4 Å². The highest BCUT2D eigenvalue weighted by Gasteiger charge is 2.24. The van der Waals surface area contributed by atoms with Gasteiger partial charge in [0, 0.05) is 41.8 Å². The Morgan fingerprint density at radius 1 is 0.900 bits per heavy atom. The second-order valence-electron chi connectivity index (χ2n) is 11.0. The zero-order valence-electron chi connectivity index (χ0n) is 23.8. The van der Waals surface area contributed by atoms with Gasteiger partial charge in [0.2, 0.25) is 0 Å². The van der Waals surface area contributed by atoms with Crippen molar-refractivity contribution in [2.24, 2.45) is 0 Å². The molecule has 6 nitrogen and oxygen atoms in total. The van der Waals surface area contributed by atoms with Gasteiger partial charge in [0.25, 0.3) is 5.91 Å². The molecule has 0 atom stereocenters. The smallest absolute Gasteiger partial charge is 0.414 e. The summed E-state index contributed by atoms with van der Waals surface area (Å²) >= 11 is 0. The lowest BCUT2D eigenvalue weighted by Gasteiger charge is -2.27. The Bertz CT molecular complexity index is 1440. The SMILES string of the molecule is CC(C)c1cccc(-c2ccccc2C(=O)Nc2ccc(N(CCc3ccccn3)C(=O)OC(C)(C)C)cc2)c1. The number of ether oxygens (including phenoxy) is 1. The predicted molar refractivity (Wildman–Crippen MR) is 162 cm³/mol. The summed E-state index contributed by atoms with van der Waals surface area (Å²) in [4.78, 5) is 32.4. The summed E-state index contributed by atoms with van der Waals surface area (Å²) in [7, 11) is 0. The van der Waals surface area contributed by atoms with E-state index in [1.807, 2.05) is 87.5 Å². The van der Waals surface area contributed by atoms with Crippen molar-refractivity contribution in [2.45, 2.75) is 52.6 Å². The number of hydrogen-bond acceptors (Lipinski definition) is 4. The van der Waals surface area contributed by atoms with Crippen LogP contribution >= 0.6 is 0 Å². The minimum Gasteiger partial charge on any atom is -0.443 e. The second kappa shape index (κ2) is 12.6. The van der Waals surface area contributed by atoms with Gasteiger partial charge in [-0.3, -0.25) is 14.7 Å². The molecule has 0 bridgehead atoms. The average molecular weight is 536 g/mol. The molecule has 6 heteroatoms. The Balaban J connectivity index is 1.53. The van der Waals surface area contributed by atoms with Crippen molar-refractivity contribution in [3.05, 3.63) is 114 Å². The summed E-state index contributed by atoms with van der Waals surface area (Å²) in [5.74, 6) is 0.195. The lowest BCUT2D eigenvalue weighted by Crippen LogP contribution is -2.38. The van der Waals surface area contributed by atoms with E-state index in [1.54, 1.807) is 23.2 Å². The third-order valence-electron chi connectivity index (χ3n) is 6.40. The fraction of sp³-hybridized carbons (Fsp3) is 0.265. The molecular formula is C34H37N3O3. The van der Waals surface area contributed by atoms with Gasteiger partial charge in [-0.1, -0.05) is 62.4 Å². The maximum absolute atomic E-state index is 13.4. The molecule has 4 aromatic rings. The van der Waals surface area contributed by atoms with E-state index >= 15 is 0 Å². The number of carbonyl (C=O) groups is 2. The molecule has 0 aliphatic carbocycles. The van der Waals surface area contributed by atoms with Crippen molar-refractivity contribution in [1.29, 1.82) is 0 Å². The number of pyridine rings is 1. The number of nitrogens with zero attached hydrogens (tertiary/aromatic N) is 2. The molecule has 0 saturated carbocycles. The molecule has 1 heterocycles. The van der Waals surface area contributed by atoms with Gasteiger partial charge in [0.1, 0.15) is 5.60 Å². The maximum Gasteiger partial charge on any atom is 0.414 e. The molecule has 0 spiro atoms. The summed E-state index contributed by atoms with van der Waals surface area (Å²) in [5, 5.41) is 3.01. The fourth-order valence-electron chi connectivity index (χ4n) is 4.34. The van der Waals surface area contributed by atoms with E-state index in [2.05, 4.69) is 36.3 Å². The van der Waals surface area contributed by atoms with Gasteiger partial charge in [-0.2, -0.15) is 0 Å². The highest BCUT2D eigenvalue weighted by molar-refractivity contribution is 6.08. The first-order chi connectivity index (χ1) is 19.1. The Kier molecular flexibility index (Phi) is 9.00. The van der Waals surface area contributed by atoms with E-state index < -0.39 is 11.7 Å². The Hall–Kier alpha value is -4.45. The van der Waals surface area contributed by atoms with Gasteiger partial charge in [-0.15, -0.1) is 0 Å². The maximum atomic E-state index is 13.4. The molecule has 2 amide bonds. The summed E-state index contributed by atoms with van der Waals surface area (Å²) in [6.07, 6.45) is 1.88. The molecule has 0 fully saturated rings. The number of amides is 2. The van der Waals surface area contributed by atoms with E-state index in [4.69, 9.17) is 4.74 Å². The quantitative estimate of drug-likeness (QED) is 0.247. The molecule has 0 saturated heterocycles. The van der Waals surface area contributed by atoms with Gasteiger partial charge in [0.05, 0.1) is 0 Å². The predicted octanol–water partition coefficient (Wildman–Crippen LogP) is 8.11. The van der Waals surface area contributed by atoms with Gasteiger partial charge in [0.15, 0.2) is 0 Å². The van der Waals surface area contributed by atoms with Crippen LogP contribution in [0.3, 0.4) is 0 Å². The van der Waals surface area contributed by atoms with Crippen LogP contribution in [-0.4, -0.2) is 29.1 Å². The number of aromatic nitrogens is 1. The van der Waals surface area contributed by atoms with Gasteiger partial charge >= 0.3 is 6.09 Å². The number of nitrogens with one attached hydrogen (secondary N) is 1. The normalized spacial score (nSPS) is 11.2. The van der Waals surface area contributed by atoms with Crippen molar-refractivity contribution in [2.75, 3.05) is 16.8 Å². The minimum atomic E-state index is -0.629. The van der Waals surface area contributed by atoms with Crippen molar-refractivity contribution in [3.8, 4) is 11.1 Å². The molecule has 0 aliphatic rings. The van der Waals surface area contributed by atoms with Crippen LogP contribution in [0.2, 0.25) is 0 Å². The highest BCUT2D eigenvalue weighted by atomic mass is 16.6. The first-order valence-electron chi connectivity index (χ1n) is 13.6. The zero-order valence-corrected chi connectivity index (χ0v) is 23.8. The van der Waals surface area contributed by atoms with E-state index in [9.17, 15) is 9.59 Å². The molecule has 1 N–H and O–H groups in total. The lowest BCUT2D eigenvalue weighted by molar-refractivity contribution is 0.0580. The number of rotatable bonds is 8. The van der Waals surface area contributed by atoms with Crippen LogP contribution in [0, 0.1) is 0 Å². The van der Waals surface area contributed by atoms with E-state index in [0.29, 0.717) is 35.8 Å². The Morgan fingerprint density at radius 2 is 1.62 bits per heavy atom. The molecule has 0 aliphatic heterocycles. The van der Waals surface area contributed by atoms with Crippen LogP contribution in [0.25, 0.3) is 11.1 Å².